The number of aliphatic hydroxyl groups is 1. The van der Waals surface area contributed by atoms with Crippen LogP contribution in [0.25, 0.3) is 5.65 Å². The van der Waals surface area contributed by atoms with Crippen LogP contribution in [0.4, 0.5) is 5.82 Å². The number of aryl methyl sites for hydroxylation is 1. The normalized spacial score (nSPS) is 17.9. The quantitative estimate of drug-likeness (QED) is 0.898. The Hall–Kier alpha value is -1.69. The summed E-state index contributed by atoms with van der Waals surface area (Å²) in [6.45, 7) is 7.55. The number of nitrogens with zero attached hydrogens (tertiary/aromatic N) is 5. The first-order valence-corrected chi connectivity index (χ1v) is 7.11. The molecule has 1 saturated heterocycles. The Bertz CT molecular complexity index is 608. The predicted molar refractivity (Wildman–Crippen MR) is 76.8 cm³/mol. The van der Waals surface area contributed by atoms with Crippen LogP contribution in [-0.4, -0.2) is 43.6 Å². The smallest absolute Gasteiger partial charge is 0.178 e. The average Bonchev–Trinajstić information content (AvgIpc) is 2.79. The van der Waals surface area contributed by atoms with Gasteiger partial charge >= 0.3 is 0 Å². The summed E-state index contributed by atoms with van der Waals surface area (Å²) in [6.07, 6.45) is 1.98. The first kappa shape index (κ1) is 13.3. The highest BCUT2D eigenvalue weighted by molar-refractivity contribution is 5.45. The lowest BCUT2D eigenvalue weighted by Gasteiger charge is -2.38. The minimum absolute atomic E-state index is 0.360. The van der Waals surface area contributed by atoms with Gasteiger partial charge in [-0.1, -0.05) is 0 Å². The second kappa shape index (κ2) is 4.70. The molecule has 0 unspecified atom stereocenters. The van der Waals surface area contributed by atoms with Crippen molar-refractivity contribution < 1.29 is 5.11 Å². The Labute approximate surface area is 118 Å². The molecule has 6 heteroatoms. The second-order valence-corrected chi connectivity index (χ2v) is 6.12. The molecule has 3 rings (SSSR count). The van der Waals surface area contributed by atoms with Crippen molar-refractivity contribution in [3.8, 4) is 0 Å². The highest BCUT2D eigenvalue weighted by Gasteiger charge is 2.30. The number of hydrogen-bond donors (Lipinski definition) is 1. The molecule has 0 amide bonds. The molecule has 0 radical (unpaired) electrons. The summed E-state index contributed by atoms with van der Waals surface area (Å²) < 4.78 is 1.78. The van der Waals surface area contributed by atoms with Crippen LogP contribution in [0.2, 0.25) is 0 Å². The van der Waals surface area contributed by atoms with Gasteiger partial charge in [-0.05, 0) is 51.7 Å². The van der Waals surface area contributed by atoms with E-state index in [0.29, 0.717) is 5.92 Å². The molecule has 1 fully saturated rings. The van der Waals surface area contributed by atoms with E-state index in [4.69, 9.17) is 0 Å². The van der Waals surface area contributed by atoms with E-state index in [2.05, 4.69) is 20.2 Å². The molecule has 6 nitrogen and oxygen atoms in total. The number of rotatable bonds is 2. The Balaban J connectivity index is 1.78. The summed E-state index contributed by atoms with van der Waals surface area (Å²) in [7, 11) is 0. The summed E-state index contributed by atoms with van der Waals surface area (Å²) in [5, 5.41) is 22.8. The predicted octanol–water partition coefficient (Wildman–Crippen LogP) is 1.42. The lowest BCUT2D eigenvalue weighted by atomic mass is 9.83. The molecule has 2 aromatic heterocycles. The van der Waals surface area contributed by atoms with E-state index in [1.807, 2.05) is 32.9 Å². The molecule has 0 aliphatic carbocycles. The fourth-order valence-electron chi connectivity index (χ4n) is 2.87. The van der Waals surface area contributed by atoms with Gasteiger partial charge in [-0.3, -0.25) is 0 Å². The molecule has 1 aliphatic rings. The van der Waals surface area contributed by atoms with Gasteiger partial charge in [0.25, 0.3) is 0 Å². The van der Waals surface area contributed by atoms with E-state index in [-0.39, 0.29) is 0 Å². The van der Waals surface area contributed by atoms with E-state index in [9.17, 15) is 5.11 Å². The van der Waals surface area contributed by atoms with Gasteiger partial charge in [-0.25, -0.2) is 0 Å². The fourth-order valence-corrected chi connectivity index (χ4v) is 2.87. The van der Waals surface area contributed by atoms with Gasteiger partial charge in [-0.2, -0.15) is 4.52 Å². The molecule has 20 heavy (non-hydrogen) atoms. The minimum atomic E-state index is -0.589. The molecule has 0 saturated carbocycles. The molecule has 3 heterocycles. The summed E-state index contributed by atoms with van der Waals surface area (Å²) in [4.78, 5) is 2.26. The minimum Gasteiger partial charge on any atom is -0.390 e. The van der Waals surface area contributed by atoms with E-state index < -0.39 is 5.60 Å². The Kier molecular flexibility index (Phi) is 3.12. The lowest BCUT2D eigenvalue weighted by Crippen LogP contribution is -2.42. The van der Waals surface area contributed by atoms with Crippen LogP contribution in [0.5, 0.6) is 0 Å². The van der Waals surface area contributed by atoms with Gasteiger partial charge < -0.3 is 10.0 Å². The monoisotopic (exact) mass is 275 g/mol. The summed E-state index contributed by atoms with van der Waals surface area (Å²) in [5.74, 6) is 2.11. The number of anilines is 1. The third-order valence-corrected chi connectivity index (χ3v) is 4.22. The largest absolute Gasteiger partial charge is 0.390 e. The molecule has 2 aromatic rings. The van der Waals surface area contributed by atoms with Crippen molar-refractivity contribution in [2.75, 3.05) is 18.0 Å². The molecule has 1 N–H and O–H groups in total. The van der Waals surface area contributed by atoms with E-state index in [1.54, 1.807) is 4.52 Å². The van der Waals surface area contributed by atoms with E-state index in [0.717, 1.165) is 43.2 Å². The molecule has 0 aromatic carbocycles. The van der Waals surface area contributed by atoms with E-state index in [1.165, 1.54) is 0 Å². The number of piperidine rings is 1. The third-order valence-electron chi connectivity index (χ3n) is 4.22. The lowest BCUT2D eigenvalue weighted by molar-refractivity contribution is 0.00645. The standard InChI is InChI=1S/C14H21N5O/c1-10-15-16-12-4-5-13(17-19(10)12)18-8-6-11(7-9-18)14(2,3)20/h4-5,11,20H,6-9H2,1-3H3. The van der Waals surface area contributed by atoms with E-state index >= 15 is 0 Å². The van der Waals surface area contributed by atoms with Crippen molar-refractivity contribution in [3.05, 3.63) is 18.0 Å². The summed E-state index contributed by atoms with van der Waals surface area (Å²) >= 11 is 0. The van der Waals surface area contributed by atoms with Gasteiger partial charge in [-0.15, -0.1) is 15.3 Å². The Morgan fingerprint density at radius 1 is 1.20 bits per heavy atom. The van der Waals surface area contributed by atoms with Crippen LogP contribution in [-0.2, 0) is 0 Å². The SMILES string of the molecule is Cc1nnc2ccc(N3CCC(C(C)(C)O)CC3)nn12. The highest BCUT2D eigenvalue weighted by Crippen LogP contribution is 2.29. The second-order valence-electron chi connectivity index (χ2n) is 6.12. The maximum Gasteiger partial charge on any atom is 0.178 e. The molecule has 108 valence electrons. The van der Waals surface area contributed by atoms with Crippen molar-refractivity contribution in [2.24, 2.45) is 5.92 Å². The van der Waals surface area contributed by atoms with Crippen molar-refractivity contribution in [1.29, 1.82) is 0 Å². The van der Waals surface area contributed by atoms with Gasteiger partial charge in [0.2, 0.25) is 0 Å². The Morgan fingerprint density at radius 2 is 1.90 bits per heavy atom. The average molecular weight is 275 g/mol. The van der Waals surface area contributed by atoms with Crippen molar-refractivity contribution in [1.82, 2.24) is 19.8 Å². The zero-order valence-electron chi connectivity index (χ0n) is 12.2. The highest BCUT2D eigenvalue weighted by atomic mass is 16.3. The van der Waals surface area contributed by atoms with Crippen molar-refractivity contribution in [3.63, 3.8) is 0 Å². The van der Waals surface area contributed by atoms with Crippen LogP contribution in [0, 0.1) is 12.8 Å². The van der Waals surface area contributed by atoms with Crippen LogP contribution >= 0.6 is 0 Å². The topological polar surface area (TPSA) is 66.5 Å². The van der Waals surface area contributed by atoms with Crippen molar-refractivity contribution >= 4 is 11.5 Å². The molecule has 1 aliphatic heterocycles. The van der Waals surface area contributed by atoms with Gasteiger partial charge in [0.15, 0.2) is 11.5 Å². The number of hydrogen-bond acceptors (Lipinski definition) is 5. The zero-order chi connectivity index (χ0) is 14.3. The molecular formula is C14H21N5O. The maximum atomic E-state index is 10.1. The van der Waals surface area contributed by atoms with Crippen LogP contribution in [0.15, 0.2) is 12.1 Å². The number of aromatic nitrogens is 4. The molecule has 0 spiro atoms. The van der Waals surface area contributed by atoms with Crippen LogP contribution in [0.3, 0.4) is 0 Å². The summed E-state index contributed by atoms with van der Waals surface area (Å²) in [6, 6.07) is 3.94. The zero-order valence-corrected chi connectivity index (χ0v) is 12.2. The van der Waals surface area contributed by atoms with Crippen LogP contribution in [0.1, 0.15) is 32.5 Å². The molecule has 0 bridgehead atoms. The third kappa shape index (κ3) is 2.35. The molecular weight excluding hydrogens is 254 g/mol. The number of fused-ring (bicyclic) bond motifs is 1. The van der Waals surface area contributed by atoms with Gasteiger partial charge in [0, 0.05) is 13.1 Å². The molecule has 0 atom stereocenters. The van der Waals surface area contributed by atoms with Crippen molar-refractivity contribution in [2.45, 2.75) is 39.2 Å². The maximum absolute atomic E-state index is 10.1. The van der Waals surface area contributed by atoms with Crippen LogP contribution < -0.4 is 4.90 Å². The first-order valence-electron chi connectivity index (χ1n) is 7.11. The first-order chi connectivity index (χ1) is 9.45. The summed E-state index contributed by atoms with van der Waals surface area (Å²) in [5.41, 5.74) is 0.187. The Morgan fingerprint density at radius 3 is 2.55 bits per heavy atom. The fraction of sp³-hybridized carbons (Fsp3) is 0.643. The van der Waals surface area contributed by atoms with Gasteiger partial charge in [0.05, 0.1) is 5.60 Å². The van der Waals surface area contributed by atoms with Gasteiger partial charge in [0.1, 0.15) is 5.82 Å².